The molecule has 1 rings (SSSR count). The first-order valence-electron chi connectivity index (χ1n) is 5.55. The van der Waals surface area contributed by atoms with E-state index in [1.54, 1.807) is 18.2 Å². The minimum absolute atomic E-state index is 0.00710. The molecule has 0 bridgehead atoms. The Morgan fingerprint density at radius 2 is 1.61 bits per heavy atom. The van der Waals surface area contributed by atoms with Crippen LogP contribution in [0.5, 0.6) is 11.5 Å². The zero-order chi connectivity index (χ0) is 13.5. The number of carboxylic acids is 1. The molecule has 1 aromatic carbocycles. The molecule has 0 fully saturated rings. The third-order valence-electron chi connectivity index (χ3n) is 2.47. The second kappa shape index (κ2) is 6.64. The highest BCUT2D eigenvalue weighted by atomic mass is 16.5. The van der Waals surface area contributed by atoms with Crippen molar-refractivity contribution < 1.29 is 24.2 Å². The van der Waals surface area contributed by atoms with E-state index in [9.17, 15) is 9.59 Å². The molecule has 0 amide bonds. The normalized spacial score (nSPS) is 9.89. The predicted molar refractivity (Wildman–Crippen MR) is 65.4 cm³/mol. The van der Waals surface area contributed by atoms with Gasteiger partial charge in [0.1, 0.15) is 11.5 Å². The SMILES string of the molecule is COc1cc(OC)cc(C(=O)CCCC(=O)O)c1. The fourth-order valence-electron chi connectivity index (χ4n) is 1.51. The van der Waals surface area contributed by atoms with E-state index in [1.165, 1.54) is 14.2 Å². The lowest BCUT2D eigenvalue weighted by Gasteiger charge is -2.07. The van der Waals surface area contributed by atoms with Gasteiger partial charge < -0.3 is 14.6 Å². The van der Waals surface area contributed by atoms with Crippen LogP contribution >= 0.6 is 0 Å². The molecule has 0 aliphatic rings. The van der Waals surface area contributed by atoms with Crippen molar-refractivity contribution >= 4 is 11.8 Å². The number of methoxy groups -OCH3 is 2. The predicted octanol–water partition coefficient (Wildman–Crippen LogP) is 2.14. The monoisotopic (exact) mass is 252 g/mol. The smallest absolute Gasteiger partial charge is 0.303 e. The lowest BCUT2D eigenvalue weighted by molar-refractivity contribution is -0.137. The highest BCUT2D eigenvalue weighted by Crippen LogP contribution is 2.23. The van der Waals surface area contributed by atoms with Crippen molar-refractivity contribution in [1.29, 1.82) is 0 Å². The van der Waals surface area contributed by atoms with Crippen molar-refractivity contribution in [2.45, 2.75) is 19.3 Å². The zero-order valence-corrected chi connectivity index (χ0v) is 10.4. The molecule has 5 heteroatoms. The minimum Gasteiger partial charge on any atom is -0.497 e. The summed E-state index contributed by atoms with van der Waals surface area (Å²) in [5.41, 5.74) is 0.469. The van der Waals surface area contributed by atoms with E-state index in [0.717, 1.165) is 0 Å². The van der Waals surface area contributed by atoms with E-state index in [4.69, 9.17) is 14.6 Å². The van der Waals surface area contributed by atoms with Gasteiger partial charge in [0.05, 0.1) is 14.2 Å². The number of carbonyl (C=O) groups is 2. The maximum absolute atomic E-state index is 11.9. The van der Waals surface area contributed by atoms with E-state index in [2.05, 4.69) is 0 Å². The molecule has 0 heterocycles. The molecule has 0 aliphatic carbocycles. The zero-order valence-electron chi connectivity index (χ0n) is 10.4. The average molecular weight is 252 g/mol. The van der Waals surface area contributed by atoms with Crippen LogP contribution in [0.3, 0.4) is 0 Å². The van der Waals surface area contributed by atoms with Crippen LogP contribution < -0.4 is 9.47 Å². The Labute approximate surface area is 105 Å². The van der Waals surface area contributed by atoms with E-state index >= 15 is 0 Å². The highest BCUT2D eigenvalue weighted by molar-refractivity contribution is 5.97. The first kappa shape index (κ1) is 14.0. The summed E-state index contributed by atoms with van der Waals surface area (Å²) >= 11 is 0. The number of hydrogen-bond donors (Lipinski definition) is 1. The summed E-state index contributed by atoms with van der Waals surface area (Å²) in [5, 5.41) is 8.51. The van der Waals surface area contributed by atoms with Crippen LogP contribution in [0.1, 0.15) is 29.6 Å². The molecule has 0 radical (unpaired) electrons. The van der Waals surface area contributed by atoms with Gasteiger partial charge in [0.25, 0.3) is 0 Å². The number of benzene rings is 1. The van der Waals surface area contributed by atoms with Gasteiger partial charge in [0.15, 0.2) is 5.78 Å². The average Bonchev–Trinajstić information content (AvgIpc) is 2.37. The van der Waals surface area contributed by atoms with Gasteiger partial charge in [0.2, 0.25) is 0 Å². The van der Waals surface area contributed by atoms with Crippen LogP contribution in [0.15, 0.2) is 18.2 Å². The quantitative estimate of drug-likeness (QED) is 0.753. The maximum Gasteiger partial charge on any atom is 0.303 e. The van der Waals surface area contributed by atoms with Gasteiger partial charge in [-0.2, -0.15) is 0 Å². The minimum atomic E-state index is -0.897. The van der Waals surface area contributed by atoms with E-state index in [-0.39, 0.29) is 18.6 Å². The van der Waals surface area contributed by atoms with Gasteiger partial charge in [-0.3, -0.25) is 9.59 Å². The molecule has 0 saturated heterocycles. The molecule has 0 aromatic heterocycles. The summed E-state index contributed by atoms with van der Waals surface area (Å²) in [7, 11) is 3.01. The summed E-state index contributed by atoms with van der Waals surface area (Å²) in [6.45, 7) is 0. The molecule has 1 aromatic rings. The van der Waals surface area contributed by atoms with Crippen molar-refractivity contribution in [3.63, 3.8) is 0 Å². The lowest BCUT2D eigenvalue weighted by atomic mass is 10.0. The number of ether oxygens (including phenoxy) is 2. The number of rotatable bonds is 7. The van der Waals surface area contributed by atoms with Crippen LogP contribution in [0.4, 0.5) is 0 Å². The Hall–Kier alpha value is -2.04. The number of carbonyl (C=O) groups excluding carboxylic acids is 1. The molecule has 0 atom stereocenters. The molecule has 5 nitrogen and oxygen atoms in total. The van der Waals surface area contributed by atoms with Gasteiger partial charge in [-0.05, 0) is 18.6 Å². The van der Waals surface area contributed by atoms with Crippen LogP contribution in [0, 0.1) is 0 Å². The lowest BCUT2D eigenvalue weighted by Crippen LogP contribution is -2.02. The number of carboxylic acid groups (broad SMARTS) is 1. The number of ketones is 1. The van der Waals surface area contributed by atoms with Crippen molar-refractivity contribution in [2.75, 3.05) is 14.2 Å². The fourth-order valence-corrected chi connectivity index (χ4v) is 1.51. The highest BCUT2D eigenvalue weighted by Gasteiger charge is 2.10. The van der Waals surface area contributed by atoms with Crippen molar-refractivity contribution in [3.05, 3.63) is 23.8 Å². The second-order valence-electron chi connectivity index (χ2n) is 3.77. The van der Waals surface area contributed by atoms with E-state index < -0.39 is 5.97 Å². The number of aliphatic carboxylic acids is 1. The summed E-state index contributed by atoms with van der Waals surface area (Å²) in [4.78, 5) is 22.2. The van der Waals surface area contributed by atoms with Crippen LogP contribution in [-0.4, -0.2) is 31.1 Å². The van der Waals surface area contributed by atoms with Crippen LogP contribution in [0.25, 0.3) is 0 Å². The molecule has 0 aliphatic heterocycles. The molecular weight excluding hydrogens is 236 g/mol. The molecule has 98 valence electrons. The molecule has 0 saturated carbocycles. The van der Waals surface area contributed by atoms with Crippen LogP contribution in [-0.2, 0) is 4.79 Å². The topological polar surface area (TPSA) is 72.8 Å². The Balaban J connectivity index is 2.75. The van der Waals surface area contributed by atoms with Crippen molar-refractivity contribution in [3.8, 4) is 11.5 Å². The Bertz CT molecular complexity index is 417. The number of hydrogen-bond acceptors (Lipinski definition) is 4. The Kier molecular flexibility index (Phi) is 5.17. The summed E-state index contributed by atoms with van der Waals surface area (Å²) in [5.74, 6) is 0.0614. The van der Waals surface area contributed by atoms with E-state index in [1.807, 2.05) is 0 Å². The molecule has 1 N–H and O–H groups in total. The molecule has 0 unspecified atom stereocenters. The molecular formula is C13H16O5. The summed E-state index contributed by atoms with van der Waals surface area (Å²) in [6.07, 6.45) is 0.517. The van der Waals surface area contributed by atoms with Gasteiger partial charge >= 0.3 is 5.97 Å². The van der Waals surface area contributed by atoms with E-state index in [0.29, 0.717) is 23.5 Å². The maximum atomic E-state index is 11.9. The fraction of sp³-hybridized carbons (Fsp3) is 0.385. The van der Waals surface area contributed by atoms with Gasteiger partial charge in [-0.1, -0.05) is 0 Å². The number of Topliss-reactive ketones (excluding diaryl/α,β-unsaturated/α-hetero) is 1. The molecule has 0 spiro atoms. The third kappa shape index (κ3) is 4.08. The Morgan fingerprint density at radius 1 is 1.06 bits per heavy atom. The second-order valence-corrected chi connectivity index (χ2v) is 3.77. The third-order valence-corrected chi connectivity index (χ3v) is 2.47. The van der Waals surface area contributed by atoms with Gasteiger partial charge in [0, 0.05) is 24.5 Å². The first-order valence-corrected chi connectivity index (χ1v) is 5.55. The summed E-state index contributed by atoms with van der Waals surface area (Å²) in [6, 6.07) is 4.91. The largest absolute Gasteiger partial charge is 0.497 e. The standard InChI is InChI=1S/C13H16O5/c1-17-10-6-9(7-11(8-10)18-2)12(14)4-3-5-13(15)16/h6-8H,3-5H2,1-2H3,(H,15,16). The molecule has 18 heavy (non-hydrogen) atoms. The first-order chi connectivity index (χ1) is 8.56. The van der Waals surface area contributed by atoms with Gasteiger partial charge in [-0.25, -0.2) is 0 Å². The van der Waals surface area contributed by atoms with Gasteiger partial charge in [-0.15, -0.1) is 0 Å². The summed E-state index contributed by atoms with van der Waals surface area (Å²) < 4.78 is 10.1. The van der Waals surface area contributed by atoms with Crippen molar-refractivity contribution in [2.24, 2.45) is 0 Å². The van der Waals surface area contributed by atoms with Crippen LogP contribution in [0.2, 0.25) is 0 Å². The Morgan fingerprint density at radius 3 is 2.06 bits per heavy atom. The van der Waals surface area contributed by atoms with Crippen molar-refractivity contribution in [1.82, 2.24) is 0 Å².